The van der Waals surface area contributed by atoms with Crippen molar-refractivity contribution in [1.82, 2.24) is 5.32 Å². The number of carboxylic acids is 1. The number of nitrogens with one attached hydrogen (secondary N) is 2. The monoisotopic (exact) mass is 366 g/mol. The van der Waals surface area contributed by atoms with Gasteiger partial charge in [-0.3, -0.25) is 0 Å². The predicted octanol–water partition coefficient (Wildman–Crippen LogP) is 3.36. The molecule has 0 saturated heterocycles. The molecular formula is C12H10BrF3N2O3. The molecule has 5 nitrogen and oxygen atoms in total. The normalized spacial score (nSPS) is 16.2. The fourth-order valence-electron chi connectivity index (χ4n) is 1.78. The Morgan fingerprint density at radius 3 is 2.38 bits per heavy atom. The third-order valence-electron chi connectivity index (χ3n) is 3.11. The number of carbonyl (C=O) groups excluding carboxylic acids is 1. The highest BCUT2D eigenvalue weighted by atomic mass is 79.9. The summed E-state index contributed by atoms with van der Waals surface area (Å²) in [5, 5.41) is 13.0. The fourth-order valence-corrected chi connectivity index (χ4v) is 2.14. The molecule has 1 aliphatic rings. The number of carboxylic acid groups (broad SMARTS) is 1. The van der Waals surface area contributed by atoms with E-state index in [2.05, 4.69) is 21.2 Å². The van der Waals surface area contributed by atoms with Crippen LogP contribution < -0.4 is 10.6 Å². The van der Waals surface area contributed by atoms with E-state index in [1.54, 1.807) is 0 Å². The number of hydrogen-bond acceptors (Lipinski definition) is 2. The lowest BCUT2D eigenvalue weighted by Gasteiger charge is -2.21. The second kappa shape index (κ2) is 5.21. The molecule has 1 aromatic carbocycles. The summed E-state index contributed by atoms with van der Waals surface area (Å²) < 4.78 is 38.7. The Hall–Kier alpha value is -1.77. The summed E-state index contributed by atoms with van der Waals surface area (Å²) in [6.45, 7) is 0. The molecule has 9 heteroatoms. The molecule has 0 bridgehead atoms. The van der Waals surface area contributed by atoms with Crippen LogP contribution >= 0.6 is 15.9 Å². The average molecular weight is 367 g/mol. The largest absolute Gasteiger partial charge is 0.478 e. The highest BCUT2D eigenvalue weighted by Gasteiger charge is 2.64. The van der Waals surface area contributed by atoms with Gasteiger partial charge >= 0.3 is 18.2 Å². The zero-order valence-corrected chi connectivity index (χ0v) is 12.0. The number of carbonyl (C=O) groups is 2. The topological polar surface area (TPSA) is 78.4 Å². The van der Waals surface area contributed by atoms with E-state index in [9.17, 15) is 22.8 Å². The first kappa shape index (κ1) is 15.6. The number of halogens is 4. The van der Waals surface area contributed by atoms with Crippen LogP contribution in [0.4, 0.5) is 23.7 Å². The number of urea groups is 1. The summed E-state index contributed by atoms with van der Waals surface area (Å²) in [4.78, 5) is 22.7. The van der Waals surface area contributed by atoms with Gasteiger partial charge in [0.25, 0.3) is 0 Å². The van der Waals surface area contributed by atoms with Crippen LogP contribution in [0.5, 0.6) is 0 Å². The maximum atomic E-state index is 12.7. The van der Waals surface area contributed by atoms with Crippen LogP contribution in [0.15, 0.2) is 22.7 Å². The van der Waals surface area contributed by atoms with Crippen molar-refractivity contribution in [3.63, 3.8) is 0 Å². The van der Waals surface area contributed by atoms with E-state index in [1.165, 1.54) is 18.2 Å². The number of aromatic carboxylic acids is 1. The zero-order chi connectivity index (χ0) is 15.8. The molecule has 0 unspecified atom stereocenters. The average Bonchev–Trinajstić information content (AvgIpc) is 3.08. The van der Waals surface area contributed by atoms with Gasteiger partial charge in [-0.05, 0) is 31.0 Å². The van der Waals surface area contributed by atoms with Gasteiger partial charge in [-0.2, -0.15) is 13.2 Å². The number of benzene rings is 1. The molecule has 0 aromatic heterocycles. The fraction of sp³-hybridized carbons (Fsp3) is 0.333. The van der Waals surface area contributed by atoms with Crippen molar-refractivity contribution in [2.45, 2.75) is 24.6 Å². The molecule has 2 amide bonds. The quantitative estimate of drug-likeness (QED) is 0.767. The van der Waals surface area contributed by atoms with Crippen molar-refractivity contribution in [1.29, 1.82) is 0 Å². The molecule has 1 saturated carbocycles. The molecule has 1 aromatic rings. The summed E-state index contributed by atoms with van der Waals surface area (Å²) in [6, 6.07) is 2.89. The minimum absolute atomic E-state index is 0.0904. The highest BCUT2D eigenvalue weighted by Crippen LogP contribution is 2.48. The Kier molecular flexibility index (Phi) is 3.87. The van der Waals surface area contributed by atoms with E-state index in [1.807, 2.05) is 5.32 Å². The lowest BCUT2D eigenvalue weighted by atomic mass is 10.2. The molecule has 0 aliphatic heterocycles. The standard InChI is InChI=1S/C12H10BrF3N2O3/c13-6-1-2-7(9(19)20)8(5-6)17-10(21)18-11(3-4-11)12(14,15)16/h1-2,5H,3-4H2,(H,19,20)(H2,17,18,21). The van der Waals surface area contributed by atoms with Gasteiger partial charge in [0.1, 0.15) is 5.54 Å². The smallest absolute Gasteiger partial charge is 0.411 e. The minimum Gasteiger partial charge on any atom is -0.478 e. The van der Waals surface area contributed by atoms with E-state index < -0.39 is 23.7 Å². The van der Waals surface area contributed by atoms with Crippen molar-refractivity contribution in [2.75, 3.05) is 5.32 Å². The molecule has 0 atom stereocenters. The predicted molar refractivity (Wildman–Crippen MR) is 71.3 cm³/mol. The van der Waals surface area contributed by atoms with E-state index in [0.29, 0.717) is 4.47 Å². The third kappa shape index (κ3) is 3.29. The number of alkyl halides is 3. The Morgan fingerprint density at radius 2 is 1.90 bits per heavy atom. The Morgan fingerprint density at radius 1 is 1.29 bits per heavy atom. The Labute approximate surface area is 125 Å². The first-order valence-corrected chi connectivity index (χ1v) is 6.63. The molecule has 3 N–H and O–H groups in total. The summed E-state index contributed by atoms with van der Waals surface area (Å²) in [5.74, 6) is -1.30. The van der Waals surface area contributed by atoms with Gasteiger partial charge in [0, 0.05) is 4.47 Å². The molecule has 1 fully saturated rings. The van der Waals surface area contributed by atoms with Crippen LogP contribution in [-0.4, -0.2) is 28.8 Å². The van der Waals surface area contributed by atoms with Gasteiger partial charge < -0.3 is 15.7 Å². The van der Waals surface area contributed by atoms with Crippen LogP contribution in [0.1, 0.15) is 23.2 Å². The number of amides is 2. The van der Waals surface area contributed by atoms with Crippen molar-refractivity contribution in [2.24, 2.45) is 0 Å². The molecule has 2 rings (SSSR count). The second-order valence-electron chi connectivity index (χ2n) is 4.65. The highest BCUT2D eigenvalue weighted by molar-refractivity contribution is 9.10. The van der Waals surface area contributed by atoms with E-state index in [-0.39, 0.29) is 24.1 Å². The third-order valence-corrected chi connectivity index (χ3v) is 3.60. The van der Waals surface area contributed by atoms with Crippen LogP contribution in [0.2, 0.25) is 0 Å². The summed E-state index contributed by atoms with van der Waals surface area (Å²) in [6.07, 6.45) is -4.90. The summed E-state index contributed by atoms with van der Waals surface area (Å²) >= 11 is 3.10. The number of rotatable bonds is 3. The molecule has 0 heterocycles. The molecule has 114 valence electrons. The second-order valence-corrected chi connectivity index (χ2v) is 5.57. The molecule has 0 spiro atoms. The molecule has 0 radical (unpaired) electrons. The van der Waals surface area contributed by atoms with Crippen LogP contribution in [0.25, 0.3) is 0 Å². The lowest BCUT2D eigenvalue weighted by molar-refractivity contribution is -0.162. The number of hydrogen-bond donors (Lipinski definition) is 3. The molecule has 1 aliphatic carbocycles. The van der Waals surface area contributed by atoms with Gasteiger partial charge in [-0.25, -0.2) is 9.59 Å². The van der Waals surface area contributed by atoms with Crippen LogP contribution in [-0.2, 0) is 0 Å². The first-order valence-electron chi connectivity index (χ1n) is 5.83. The maximum absolute atomic E-state index is 12.7. The first-order chi connectivity index (χ1) is 9.64. The summed E-state index contributed by atoms with van der Waals surface area (Å²) in [7, 11) is 0. The van der Waals surface area contributed by atoms with Crippen LogP contribution in [0, 0.1) is 0 Å². The van der Waals surface area contributed by atoms with E-state index in [4.69, 9.17) is 5.11 Å². The van der Waals surface area contributed by atoms with Gasteiger partial charge in [-0.1, -0.05) is 15.9 Å². The molecular weight excluding hydrogens is 357 g/mol. The van der Waals surface area contributed by atoms with Gasteiger partial charge in [-0.15, -0.1) is 0 Å². The SMILES string of the molecule is O=C(Nc1cc(Br)ccc1C(=O)O)NC1(C(F)(F)F)CC1. The number of anilines is 1. The van der Waals surface area contributed by atoms with Crippen LogP contribution in [0.3, 0.4) is 0 Å². The van der Waals surface area contributed by atoms with Crippen molar-refractivity contribution < 1.29 is 27.9 Å². The van der Waals surface area contributed by atoms with E-state index >= 15 is 0 Å². The lowest BCUT2D eigenvalue weighted by Crippen LogP contribution is -2.49. The van der Waals surface area contributed by atoms with Crippen molar-refractivity contribution >= 4 is 33.6 Å². The molecule has 21 heavy (non-hydrogen) atoms. The van der Waals surface area contributed by atoms with Gasteiger partial charge in [0.05, 0.1) is 11.3 Å². The van der Waals surface area contributed by atoms with Crippen molar-refractivity contribution in [3.05, 3.63) is 28.2 Å². The Balaban J connectivity index is 2.14. The zero-order valence-electron chi connectivity index (χ0n) is 10.4. The summed E-state index contributed by atoms with van der Waals surface area (Å²) in [5.41, 5.74) is -2.51. The van der Waals surface area contributed by atoms with Gasteiger partial charge in [0.15, 0.2) is 0 Å². The maximum Gasteiger partial charge on any atom is 0.411 e. The Bertz CT molecular complexity index is 600. The minimum atomic E-state index is -4.53. The van der Waals surface area contributed by atoms with Crippen molar-refractivity contribution in [3.8, 4) is 0 Å². The van der Waals surface area contributed by atoms with Gasteiger partial charge in [0.2, 0.25) is 0 Å². The van der Waals surface area contributed by atoms with E-state index in [0.717, 1.165) is 0 Å².